The van der Waals surface area contributed by atoms with Gasteiger partial charge in [-0.1, -0.05) is 72.8 Å². The Kier molecular flexibility index (Phi) is 8.26. The van der Waals surface area contributed by atoms with E-state index in [1.54, 1.807) is 42.7 Å². The minimum absolute atomic E-state index is 0.170. The highest BCUT2D eigenvalue weighted by Gasteiger charge is 2.48. The predicted octanol–water partition coefficient (Wildman–Crippen LogP) is 11.2. The van der Waals surface area contributed by atoms with E-state index in [4.69, 9.17) is 28.4 Å². The van der Waals surface area contributed by atoms with Crippen molar-refractivity contribution in [2.45, 2.75) is 17.8 Å². The average Bonchev–Trinajstić information content (AvgIpc) is 3.91. The Morgan fingerprint density at radius 2 is 0.579 bits per heavy atom. The zero-order chi connectivity index (χ0) is 38.9. The second kappa shape index (κ2) is 13.5. The molecule has 282 valence electrons. The van der Waals surface area contributed by atoms with Gasteiger partial charge in [0.05, 0.1) is 42.7 Å². The van der Waals surface area contributed by atoms with Gasteiger partial charge in [-0.15, -0.1) is 0 Å². The van der Waals surface area contributed by atoms with E-state index >= 15 is 0 Å². The van der Waals surface area contributed by atoms with Crippen LogP contribution < -0.4 is 28.4 Å². The van der Waals surface area contributed by atoms with Crippen molar-refractivity contribution >= 4 is 0 Å². The third kappa shape index (κ3) is 4.96. The molecule has 3 aliphatic rings. The molecule has 0 amide bonds. The van der Waals surface area contributed by atoms with Crippen LogP contribution in [-0.2, 0) is 0 Å². The molecule has 0 saturated carbocycles. The summed E-state index contributed by atoms with van der Waals surface area (Å²) in [5.41, 5.74) is 18.0. The van der Waals surface area contributed by atoms with Gasteiger partial charge in [-0.2, -0.15) is 0 Å². The fraction of sp³-hybridized carbons (Fsp3) is 0.176. The van der Waals surface area contributed by atoms with E-state index in [0.29, 0.717) is 0 Å². The van der Waals surface area contributed by atoms with E-state index < -0.39 is 0 Å². The molecule has 0 fully saturated rings. The first-order valence-corrected chi connectivity index (χ1v) is 19.2. The van der Waals surface area contributed by atoms with Gasteiger partial charge in [0, 0.05) is 34.4 Å². The summed E-state index contributed by atoms with van der Waals surface area (Å²) < 4.78 is 36.3. The van der Waals surface area contributed by atoms with Crippen LogP contribution in [0.2, 0.25) is 0 Å². The van der Waals surface area contributed by atoms with Crippen molar-refractivity contribution in [3.8, 4) is 67.9 Å². The number of hydrogen-bond donors (Lipinski definition) is 0. The topological polar surface area (TPSA) is 55.4 Å². The minimum atomic E-state index is -0.170. The Labute approximate surface area is 333 Å². The Morgan fingerprint density at radius 3 is 0.842 bits per heavy atom. The molecular weight excluding hydrogens is 709 g/mol. The molecule has 0 N–H and O–H groups in total. The molecule has 3 atom stereocenters. The zero-order valence-corrected chi connectivity index (χ0v) is 32.8. The lowest BCUT2D eigenvalue weighted by atomic mass is 9.77. The van der Waals surface area contributed by atoms with Crippen LogP contribution in [0, 0.1) is 0 Å². The lowest BCUT2D eigenvalue weighted by Crippen LogP contribution is -2.09. The predicted molar refractivity (Wildman–Crippen MR) is 224 cm³/mol. The smallest absolute Gasteiger partial charge is 0.123 e. The Morgan fingerprint density at radius 1 is 0.298 bits per heavy atom. The molecule has 0 spiro atoms. The number of fused-ring (bicyclic) bond motifs is 12. The highest BCUT2D eigenvalue weighted by Crippen LogP contribution is 2.68. The molecule has 0 heterocycles. The molecule has 0 unspecified atom stereocenters. The third-order valence-corrected chi connectivity index (χ3v) is 12.3. The van der Waals surface area contributed by atoms with Crippen molar-refractivity contribution in [3.63, 3.8) is 0 Å². The van der Waals surface area contributed by atoms with Gasteiger partial charge < -0.3 is 28.4 Å². The van der Waals surface area contributed by atoms with Crippen molar-refractivity contribution in [2.75, 3.05) is 42.7 Å². The minimum Gasteiger partial charge on any atom is -0.497 e. The molecule has 0 aliphatic heterocycles. The summed E-state index contributed by atoms with van der Waals surface area (Å²) in [6.45, 7) is 0. The highest BCUT2D eigenvalue weighted by atomic mass is 16.5. The normalized spacial score (nSPS) is 16.4. The van der Waals surface area contributed by atoms with E-state index in [0.717, 1.165) is 51.2 Å². The summed E-state index contributed by atoms with van der Waals surface area (Å²) in [4.78, 5) is 0. The first-order chi connectivity index (χ1) is 28.0. The molecule has 7 aromatic rings. The maximum atomic E-state index is 6.20. The van der Waals surface area contributed by atoms with E-state index in [1.165, 1.54) is 66.8 Å². The molecule has 0 bridgehead atoms. The van der Waals surface area contributed by atoms with Crippen LogP contribution in [0.25, 0.3) is 33.4 Å². The summed E-state index contributed by atoms with van der Waals surface area (Å²) in [6.07, 6.45) is 0. The maximum Gasteiger partial charge on any atom is 0.123 e. The largest absolute Gasteiger partial charge is 0.497 e. The van der Waals surface area contributed by atoms with Gasteiger partial charge >= 0.3 is 0 Å². The molecule has 6 nitrogen and oxygen atoms in total. The van der Waals surface area contributed by atoms with Gasteiger partial charge in [0.15, 0.2) is 0 Å². The van der Waals surface area contributed by atoms with Crippen LogP contribution in [0.3, 0.4) is 0 Å². The fourth-order valence-electron chi connectivity index (χ4n) is 10.1. The Hall–Kier alpha value is -6.66. The van der Waals surface area contributed by atoms with Crippen molar-refractivity contribution < 1.29 is 28.4 Å². The summed E-state index contributed by atoms with van der Waals surface area (Å²) in [6, 6.07) is 45.1. The quantitative estimate of drug-likeness (QED) is 0.146. The van der Waals surface area contributed by atoms with Gasteiger partial charge in [0.1, 0.15) is 34.5 Å². The molecule has 0 radical (unpaired) electrons. The van der Waals surface area contributed by atoms with Crippen LogP contribution in [0.5, 0.6) is 34.5 Å². The van der Waals surface area contributed by atoms with Crippen LogP contribution in [0.15, 0.2) is 127 Å². The van der Waals surface area contributed by atoms with Gasteiger partial charge in [-0.25, -0.2) is 0 Å². The molecular formula is C51H42O6. The van der Waals surface area contributed by atoms with Crippen LogP contribution >= 0.6 is 0 Å². The maximum absolute atomic E-state index is 6.20. The molecule has 3 aliphatic carbocycles. The van der Waals surface area contributed by atoms with E-state index in [2.05, 4.69) is 91.0 Å². The van der Waals surface area contributed by atoms with Crippen molar-refractivity contribution in [1.82, 2.24) is 0 Å². The molecule has 0 aromatic heterocycles. The van der Waals surface area contributed by atoms with E-state index in [-0.39, 0.29) is 17.8 Å². The zero-order valence-electron chi connectivity index (χ0n) is 32.8. The van der Waals surface area contributed by atoms with Gasteiger partial charge in [-0.3, -0.25) is 0 Å². The number of hydrogen-bond acceptors (Lipinski definition) is 6. The second-order valence-electron chi connectivity index (χ2n) is 14.8. The molecule has 6 heteroatoms. The highest BCUT2D eigenvalue weighted by molar-refractivity contribution is 6.04. The molecule has 7 aromatic carbocycles. The van der Waals surface area contributed by atoms with Gasteiger partial charge in [0.25, 0.3) is 0 Å². The van der Waals surface area contributed by atoms with Crippen LogP contribution in [0.4, 0.5) is 0 Å². The Balaban J connectivity index is 1.43. The summed E-state index contributed by atoms with van der Waals surface area (Å²) >= 11 is 0. The average molecular weight is 751 g/mol. The number of ether oxygens (including phenoxy) is 6. The second-order valence-corrected chi connectivity index (χ2v) is 14.8. The number of methoxy groups -OCH3 is 6. The Bertz CT molecular complexity index is 2430. The van der Waals surface area contributed by atoms with Crippen molar-refractivity contribution in [3.05, 3.63) is 177 Å². The van der Waals surface area contributed by atoms with Crippen molar-refractivity contribution in [2.24, 2.45) is 0 Å². The number of benzene rings is 7. The monoisotopic (exact) mass is 750 g/mol. The third-order valence-electron chi connectivity index (χ3n) is 12.3. The summed E-state index contributed by atoms with van der Waals surface area (Å²) in [7, 11) is 10.4. The summed E-state index contributed by atoms with van der Waals surface area (Å²) in [5.74, 6) is 4.25. The van der Waals surface area contributed by atoms with E-state index in [1.807, 2.05) is 36.4 Å². The first-order valence-electron chi connectivity index (χ1n) is 19.2. The van der Waals surface area contributed by atoms with E-state index in [9.17, 15) is 0 Å². The van der Waals surface area contributed by atoms with Crippen molar-refractivity contribution in [1.29, 1.82) is 0 Å². The lowest BCUT2D eigenvalue weighted by molar-refractivity contribution is 0.398. The first kappa shape index (κ1) is 34.8. The van der Waals surface area contributed by atoms with Crippen LogP contribution in [0.1, 0.15) is 67.8 Å². The molecule has 10 rings (SSSR count). The SMILES string of the molecule is COc1ccc(OC)c([C@@H]2c3ccccc3-c3c2c2c(c4c3[C@@H](c3cc(OC)ccc3OC)c3ccccc3-4)[C@H](c3cc(OC)ccc3OC)c3ccccc3-2)c1. The fourth-order valence-corrected chi connectivity index (χ4v) is 10.1. The summed E-state index contributed by atoms with van der Waals surface area (Å²) in [5, 5.41) is 0. The van der Waals surface area contributed by atoms with Gasteiger partial charge in [0.2, 0.25) is 0 Å². The molecule has 0 saturated heterocycles. The van der Waals surface area contributed by atoms with Gasteiger partial charge in [-0.05, 0) is 121 Å². The standard InChI is InChI=1S/C51H42O6/c1-52-28-19-22-40(55-4)37(25-28)43-31-13-7-10-16-34(31)46-49(43)47-35-17-11-8-14-32(35)44(38-26-29(53-2)20-23-41(38)56-5)51(47)48-36-18-12-9-15-33(36)45(50(46)48)39-27-30(54-3)21-24-42(39)57-6/h7-27,43-45H,1-6H3/t43-,44-,45+/m0/s1. The lowest BCUT2D eigenvalue weighted by Gasteiger charge is -2.27. The molecule has 57 heavy (non-hydrogen) atoms. The number of rotatable bonds is 9. The van der Waals surface area contributed by atoms with Crippen LogP contribution in [-0.4, -0.2) is 42.7 Å².